The lowest BCUT2D eigenvalue weighted by Gasteiger charge is -2.13. The summed E-state index contributed by atoms with van der Waals surface area (Å²) in [6, 6.07) is 0. The van der Waals surface area contributed by atoms with E-state index >= 15 is 0 Å². The zero-order chi connectivity index (χ0) is 15.7. The summed E-state index contributed by atoms with van der Waals surface area (Å²) in [5, 5.41) is 19.6. The minimum absolute atomic E-state index is 0.537. The quantitative estimate of drug-likeness (QED) is 0.897. The number of halogens is 1. The van der Waals surface area contributed by atoms with Crippen molar-refractivity contribution in [2.75, 3.05) is 0 Å². The Kier molecular flexibility index (Phi) is 4.88. The Hall–Kier alpha value is -1.14. The van der Waals surface area contributed by atoms with Crippen LogP contribution in [0.15, 0.2) is 4.47 Å². The first-order valence-electron chi connectivity index (χ1n) is 7.32. The molecular formula is C15H23BrN4O. The van der Waals surface area contributed by atoms with Gasteiger partial charge in [0.25, 0.3) is 0 Å². The largest absolute Gasteiger partial charge is 0.388 e. The van der Waals surface area contributed by atoms with Crippen molar-refractivity contribution in [3.8, 4) is 0 Å². The van der Waals surface area contributed by atoms with Gasteiger partial charge in [-0.25, -0.2) is 0 Å². The normalized spacial score (nSPS) is 12.9. The van der Waals surface area contributed by atoms with E-state index in [2.05, 4.69) is 40.0 Å². The highest BCUT2D eigenvalue weighted by molar-refractivity contribution is 9.10. The molecule has 0 amide bonds. The average molecular weight is 355 g/mol. The molecule has 116 valence electrons. The maximum absolute atomic E-state index is 10.7. The average Bonchev–Trinajstić information content (AvgIpc) is 2.88. The molecule has 0 aliphatic carbocycles. The van der Waals surface area contributed by atoms with Crippen LogP contribution in [0.25, 0.3) is 0 Å². The van der Waals surface area contributed by atoms with Gasteiger partial charge in [-0.2, -0.15) is 10.2 Å². The van der Waals surface area contributed by atoms with Crippen molar-refractivity contribution in [1.29, 1.82) is 0 Å². The molecule has 0 radical (unpaired) electrons. The van der Waals surface area contributed by atoms with Crippen molar-refractivity contribution in [3.63, 3.8) is 0 Å². The van der Waals surface area contributed by atoms with E-state index in [0.29, 0.717) is 6.42 Å². The van der Waals surface area contributed by atoms with Crippen LogP contribution in [-0.2, 0) is 26.4 Å². The molecular weight excluding hydrogens is 332 g/mol. The maximum atomic E-state index is 10.7. The fourth-order valence-electron chi connectivity index (χ4n) is 2.77. The second-order valence-corrected chi connectivity index (χ2v) is 6.10. The van der Waals surface area contributed by atoms with Gasteiger partial charge >= 0.3 is 0 Å². The van der Waals surface area contributed by atoms with Crippen molar-refractivity contribution >= 4 is 15.9 Å². The van der Waals surface area contributed by atoms with Crippen LogP contribution in [0.2, 0.25) is 0 Å². The molecule has 1 unspecified atom stereocenters. The number of rotatable bonds is 5. The summed E-state index contributed by atoms with van der Waals surface area (Å²) in [6.07, 6.45) is 0.845. The van der Waals surface area contributed by atoms with E-state index in [1.165, 1.54) is 0 Å². The minimum atomic E-state index is -0.568. The van der Waals surface area contributed by atoms with Gasteiger partial charge in [-0.15, -0.1) is 0 Å². The van der Waals surface area contributed by atoms with Gasteiger partial charge < -0.3 is 5.11 Å². The van der Waals surface area contributed by atoms with Crippen molar-refractivity contribution in [2.24, 2.45) is 7.05 Å². The predicted molar refractivity (Wildman–Crippen MR) is 86.3 cm³/mol. The molecule has 5 nitrogen and oxygen atoms in total. The first-order valence-corrected chi connectivity index (χ1v) is 8.12. The molecule has 0 bridgehead atoms. The summed E-state index contributed by atoms with van der Waals surface area (Å²) >= 11 is 3.63. The van der Waals surface area contributed by atoms with Crippen LogP contribution in [0.5, 0.6) is 0 Å². The monoisotopic (exact) mass is 354 g/mol. The SMILES string of the molecule is CCc1nn(CC)c(CC(O)c2c(C)nn(C)c2C)c1Br. The van der Waals surface area contributed by atoms with E-state index in [-0.39, 0.29) is 0 Å². The Morgan fingerprint density at radius 2 is 1.90 bits per heavy atom. The van der Waals surface area contributed by atoms with E-state index in [4.69, 9.17) is 0 Å². The molecule has 2 heterocycles. The van der Waals surface area contributed by atoms with Gasteiger partial charge in [0.2, 0.25) is 0 Å². The van der Waals surface area contributed by atoms with Crippen LogP contribution in [0.3, 0.4) is 0 Å². The zero-order valence-electron chi connectivity index (χ0n) is 13.3. The molecule has 6 heteroatoms. The summed E-state index contributed by atoms with van der Waals surface area (Å²) in [5.41, 5.74) is 4.90. The minimum Gasteiger partial charge on any atom is -0.388 e. The Morgan fingerprint density at radius 3 is 2.38 bits per heavy atom. The highest BCUT2D eigenvalue weighted by Gasteiger charge is 2.22. The summed E-state index contributed by atoms with van der Waals surface area (Å²) in [5.74, 6) is 0. The third-order valence-electron chi connectivity index (χ3n) is 3.98. The molecule has 0 aliphatic rings. The lowest BCUT2D eigenvalue weighted by atomic mass is 10.0. The molecule has 0 saturated heterocycles. The highest BCUT2D eigenvalue weighted by atomic mass is 79.9. The van der Waals surface area contributed by atoms with Gasteiger partial charge in [0, 0.05) is 31.3 Å². The molecule has 2 rings (SSSR count). The van der Waals surface area contributed by atoms with Crippen LogP contribution >= 0.6 is 15.9 Å². The number of aromatic nitrogens is 4. The Labute approximate surface area is 134 Å². The standard InChI is InChI=1S/C15H23BrN4O/c1-6-11-15(16)12(20(7-2)18-11)8-13(21)14-9(3)17-19(5)10(14)4/h13,21H,6-8H2,1-5H3. The number of hydrogen-bond donors (Lipinski definition) is 1. The molecule has 0 spiro atoms. The predicted octanol–water partition coefficient (Wildman–Crippen LogP) is 2.85. The first kappa shape index (κ1) is 16.2. The summed E-state index contributed by atoms with van der Waals surface area (Å²) in [7, 11) is 1.90. The van der Waals surface area contributed by atoms with Gasteiger partial charge in [-0.3, -0.25) is 9.36 Å². The van der Waals surface area contributed by atoms with E-state index in [0.717, 1.165) is 45.8 Å². The fourth-order valence-corrected chi connectivity index (χ4v) is 3.50. The van der Waals surface area contributed by atoms with Crippen LogP contribution < -0.4 is 0 Å². The Morgan fingerprint density at radius 1 is 1.24 bits per heavy atom. The summed E-state index contributed by atoms with van der Waals surface area (Å²) in [4.78, 5) is 0. The van der Waals surface area contributed by atoms with Gasteiger partial charge in [-0.05, 0) is 43.1 Å². The topological polar surface area (TPSA) is 55.9 Å². The Balaban J connectivity index is 2.35. The zero-order valence-corrected chi connectivity index (χ0v) is 14.9. The van der Waals surface area contributed by atoms with Gasteiger partial charge in [0.05, 0.1) is 27.7 Å². The van der Waals surface area contributed by atoms with E-state index in [1.807, 2.05) is 30.3 Å². The molecule has 1 atom stereocenters. The highest BCUT2D eigenvalue weighted by Crippen LogP contribution is 2.29. The lowest BCUT2D eigenvalue weighted by Crippen LogP contribution is -2.10. The van der Waals surface area contributed by atoms with Gasteiger partial charge in [-0.1, -0.05) is 6.92 Å². The smallest absolute Gasteiger partial charge is 0.0881 e. The number of nitrogens with zero attached hydrogens (tertiary/aromatic N) is 4. The van der Waals surface area contributed by atoms with E-state index in [1.54, 1.807) is 0 Å². The van der Waals surface area contributed by atoms with Gasteiger partial charge in [0.15, 0.2) is 0 Å². The molecule has 0 aliphatic heterocycles. The summed E-state index contributed by atoms with van der Waals surface area (Å²) < 4.78 is 4.80. The maximum Gasteiger partial charge on any atom is 0.0881 e. The second-order valence-electron chi connectivity index (χ2n) is 5.30. The molecule has 2 aromatic heterocycles. The third kappa shape index (κ3) is 2.92. The van der Waals surface area contributed by atoms with Crippen molar-refractivity contribution < 1.29 is 5.11 Å². The van der Waals surface area contributed by atoms with Crippen LogP contribution in [0.4, 0.5) is 0 Å². The number of hydrogen-bond acceptors (Lipinski definition) is 3. The second kappa shape index (κ2) is 6.32. The van der Waals surface area contributed by atoms with Crippen LogP contribution in [0.1, 0.15) is 48.3 Å². The molecule has 0 aromatic carbocycles. The van der Waals surface area contributed by atoms with Gasteiger partial charge in [0.1, 0.15) is 0 Å². The molecule has 0 saturated carbocycles. The number of aryl methyl sites for hydroxylation is 4. The molecule has 21 heavy (non-hydrogen) atoms. The fraction of sp³-hybridized carbons (Fsp3) is 0.600. The van der Waals surface area contributed by atoms with Crippen molar-refractivity contribution in [3.05, 3.63) is 32.8 Å². The van der Waals surface area contributed by atoms with Crippen LogP contribution in [0, 0.1) is 13.8 Å². The summed E-state index contributed by atoms with van der Waals surface area (Å²) in [6.45, 7) is 8.88. The van der Waals surface area contributed by atoms with Crippen molar-refractivity contribution in [2.45, 2.75) is 53.2 Å². The number of aliphatic hydroxyl groups excluding tert-OH is 1. The van der Waals surface area contributed by atoms with Crippen molar-refractivity contribution in [1.82, 2.24) is 19.6 Å². The molecule has 2 aromatic rings. The number of aliphatic hydroxyl groups is 1. The van der Waals surface area contributed by atoms with E-state index < -0.39 is 6.10 Å². The molecule has 0 fully saturated rings. The van der Waals surface area contributed by atoms with Crippen LogP contribution in [-0.4, -0.2) is 24.7 Å². The third-order valence-corrected chi connectivity index (χ3v) is 4.89. The van der Waals surface area contributed by atoms with E-state index in [9.17, 15) is 5.11 Å². The molecule has 1 N–H and O–H groups in total. The first-order chi connectivity index (χ1) is 9.90. The Bertz CT molecular complexity index is 645. The lowest BCUT2D eigenvalue weighted by molar-refractivity contribution is 0.173.